The Balaban J connectivity index is 1.39. The van der Waals surface area contributed by atoms with E-state index >= 15 is 0 Å². The fraction of sp³-hybridized carbons (Fsp3) is 0.444. The zero-order chi connectivity index (χ0) is 16.5. The largest absolute Gasteiger partial charge is 0.346 e. The molecule has 3 aliphatic heterocycles. The van der Waals surface area contributed by atoms with Crippen LogP contribution in [0.15, 0.2) is 39.6 Å². The van der Waals surface area contributed by atoms with Crippen LogP contribution in [0.4, 0.5) is 0 Å². The van der Waals surface area contributed by atoms with Crippen molar-refractivity contribution in [1.29, 1.82) is 0 Å². The van der Waals surface area contributed by atoms with Crippen LogP contribution in [-0.2, 0) is 0 Å². The lowest BCUT2D eigenvalue weighted by Crippen LogP contribution is -2.57. The second kappa shape index (κ2) is 6.86. The van der Waals surface area contributed by atoms with E-state index in [1.165, 1.54) is 47.7 Å². The third-order valence-electron chi connectivity index (χ3n) is 4.89. The second-order valence-electron chi connectivity index (χ2n) is 6.62. The summed E-state index contributed by atoms with van der Waals surface area (Å²) < 4.78 is 1.05. The first kappa shape index (κ1) is 16.1. The molecule has 0 saturated carbocycles. The van der Waals surface area contributed by atoms with E-state index in [2.05, 4.69) is 46.4 Å². The Morgan fingerprint density at radius 1 is 1.29 bits per heavy atom. The predicted octanol–water partition coefficient (Wildman–Crippen LogP) is 3.43. The van der Waals surface area contributed by atoms with E-state index in [0.29, 0.717) is 10.9 Å². The summed E-state index contributed by atoms with van der Waals surface area (Å²) in [5, 5.41) is 3.78. The van der Waals surface area contributed by atoms with Gasteiger partial charge in [0.2, 0.25) is 0 Å². The molecule has 1 aromatic carbocycles. The summed E-state index contributed by atoms with van der Waals surface area (Å²) in [6.07, 6.45) is 4.22. The maximum Gasteiger partial charge on any atom is 0.280 e. The number of nitrogens with zero attached hydrogens (tertiary/aromatic N) is 2. The molecule has 3 aliphatic rings. The van der Waals surface area contributed by atoms with E-state index in [1.807, 2.05) is 0 Å². The maximum atomic E-state index is 12.5. The van der Waals surface area contributed by atoms with Gasteiger partial charge < -0.3 is 10.2 Å². The quantitative estimate of drug-likeness (QED) is 0.908. The molecule has 1 unspecified atom stereocenters. The Labute approximate surface area is 150 Å². The molecule has 5 rings (SSSR count). The van der Waals surface area contributed by atoms with Gasteiger partial charge in [-0.25, -0.2) is 4.98 Å². The average molecular weight is 360 g/mol. The first-order valence-electron chi connectivity index (χ1n) is 8.41. The molecule has 2 aromatic rings. The molecule has 4 nitrogen and oxygen atoms in total. The highest BCUT2D eigenvalue weighted by Gasteiger charge is 2.35. The molecular formula is C18H21N3OS2. The molecule has 1 N–H and O–H groups in total. The van der Waals surface area contributed by atoms with Gasteiger partial charge in [-0.1, -0.05) is 29.5 Å². The maximum absolute atomic E-state index is 12.5. The topological polar surface area (TPSA) is 45.2 Å². The van der Waals surface area contributed by atoms with Crippen LogP contribution in [0, 0.1) is 12.8 Å². The third kappa shape index (κ3) is 3.50. The van der Waals surface area contributed by atoms with E-state index in [-0.39, 0.29) is 11.9 Å². The summed E-state index contributed by atoms with van der Waals surface area (Å²) in [5.41, 5.74) is 1.25. The van der Waals surface area contributed by atoms with Crippen molar-refractivity contribution >= 4 is 29.0 Å². The Morgan fingerprint density at radius 3 is 2.71 bits per heavy atom. The van der Waals surface area contributed by atoms with Crippen molar-refractivity contribution in [3.63, 3.8) is 0 Å². The lowest BCUT2D eigenvalue weighted by atomic mass is 9.84. The molecule has 0 spiro atoms. The Kier molecular flexibility index (Phi) is 4.61. The number of benzene rings is 1. The van der Waals surface area contributed by atoms with Crippen LogP contribution in [0.25, 0.3) is 0 Å². The molecular weight excluding hydrogens is 338 g/mol. The number of amides is 1. The minimum Gasteiger partial charge on any atom is -0.346 e. The molecule has 1 aromatic heterocycles. The van der Waals surface area contributed by atoms with E-state index < -0.39 is 0 Å². The minimum absolute atomic E-state index is 0.0190. The number of fused-ring (bicyclic) bond motifs is 3. The van der Waals surface area contributed by atoms with Crippen molar-refractivity contribution in [2.24, 2.45) is 5.92 Å². The van der Waals surface area contributed by atoms with Crippen LogP contribution in [0.1, 0.15) is 28.2 Å². The lowest BCUT2D eigenvalue weighted by molar-refractivity contribution is 0.0620. The summed E-state index contributed by atoms with van der Waals surface area (Å²) in [7, 11) is 0. The normalized spacial score (nSPS) is 25.6. The molecule has 126 valence electrons. The molecule has 1 atom stereocenters. The van der Waals surface area contributed by atoms with Gasteiger partial charge in [0.15, 0.2) is 5.01 Å². The lowest BCUT2D eigenvalue weighted by Gasteiger charge is -2.44. The second-order valence-corrected chi connectivity index (χ2v) is 9.02. The first-order chi connectivity index (χ1) is 11.7. The summed E-state index contributed by atoms with van der Waals surface area (Å²) in [5.74, 6) is 0.620. The summed E-state index contributed by atoms with van der Waals surface area (Å²) in [6, 6.07) is 8.70. The third-order valence-corrected chi connectivity index (χ3v) is 7.00. The van der Waals surface area contributed by atoms with E-state index in [1.54, 1.807) is 18.0 Å². The first-order valence-corrected chi connectivity index (χ1v) is 10.0. The highest BCUT2D eigenvalue weighted by atomic mass is 32.2. The van der Waals surface area contributed by atoms with Crippen molar-refractivity contribution in [2.75, 3.05) is 19.6 Å². The molecule has 1 amide bonds. The van der Waals surface area contributed by atoms with Gasteiger partial charge in [-0.05, 0) is 50.9 Å². The molecule has 3 fully saturated rings. The standard InChI is InChI=1S/C18H21N3OS2/c1-12-2-4-14(5-3-12)23-16-10-19-18(24-16)17(22)20-15-11-21-8-6-13(15)7-9-21/h2-5,10,13,15H,6-9,11H2,1H3,(H,20,22). The van der Waals surface area contributed by atoms with Crippen molar-refractivity contribution in [1.82, 2.24) is 15.2 Å². The van der Waals surface area contributed by atoms with Gasteiger partial charge in [0.1, 0.15) is 0 Å². The number of thiazole rings is 1. The van der Waals surface area contributed by atoms with Gasteiger partial charge in [0.25, 0.3) is 5.91 Å². The SMILES string of the molecule is Cc1ccc(Sc2cnc(C(=O)NC3CN4CCC3CC4)s2)cc1. The van der Waals surface area contributed by atoms with E-state index in [0.717, 1.165) is 10.8 Å². The smallest absolute Gasteiger partial charge is 0.280 e. The van der Waals surface area contributed by atoms with Gasteiger partial charge in [-0.3, -0.25) is 4.79 Å². The summed E-state index contributed by atoms with van der Waals surface area (Å²) >= 11 is 3.14. The van der Waals surface area contributed by atoms with Crippen LogP contribution < -0.4 is 5.32 Å². The van der Waals surface area contributed by atoms with Gasteiger partial charge >= 0.3 is 0 Å². The number of piperidine rings is 3. The van der Waals surface area contributed by atoms with Crippen LogP contribution >= 0.6 is 23.1 Å². The van der Waals surface area contributed by atoms with Crippen molar-refractivity contribution in [3.8, 4) is 0 Å². The molecule has 6 heteroatoms. The molecule has 3 saturated heterocycles. The Bertz CT molecular complexity index is 720. The van der Waals surface area contributed by atoms with Gasteiger partial charge in [0.05, 0.1) is 10.4 Å². The average Bonchev–Trinajstić information content (AvgIpc) is 3.07. The highest BCUT2D eigenvalue weighted by Crippen LogP contribution is 2.32. The molecule has 0 radical (unpaired) electrons. The van der Waals surface area contributed by atoms with Crippen LogP contribution in [0.5, 0.6) is 0 Å². The fourth-order valence-electron chi connectivity index (χ4n) is 3.49. The van der Waals surface area contributed by atoms with Crippen LogP contribution in [0.3, 0.4) is 0 Å². The van der Waals surface area contributed by atoms with Gasteiger partial charge in [-0.2, -0.15) is 0 Å². The molecule has 4 heterocycles. The fourth-order valence-corrected chi connectivity index (χ4v) is 5.35. The van der Waals surface area contributed by atoms with Crippen molar-refractivity contribution < 1.29 is 4.79 Å². The van der Waals surface area contributed by atoms with Gasteiger partial charge in [-0.15, -0.1) is 11.3 Å². The molecule has 2 bridgehead atoms. The van der Waals surface area contributed by atoms with Gasteiger partial charge in [0, 0.05) is 17.5 Å². The zero-order valence-corrected chi connectivity index (χ0v) is 15.3. The van der Waals surface area contributed by atoms with Crippen LogP contribution in [-0.4, -0.2) is 41.5 Å². The predicted molar refractivity (Wildman–Crippen MR) is 97.8 cm³/mol. The minimum atomic E-state index is -0.0190. The molecule has 0 aliphatic carbocycles. The number of rotatable bonds is 4. The number of nitrogens with one attached hydrogen (secondary N) is 1. The number of carbonyl (C=O) groups excluding carboxylic acids is 1. The van der Waals surface area contributed by atoms with E-state index in [9.17, 15) is 4.79 Å². The Hall–Kier alpha value is -1.37. The van der Waals surface area contributed by atoms with Crippen molar-refractivity contribution in [3.05, 3.63) is 41.0 Å². The number of hydrogen-bond acceptors (Lipinski definition) is 5. The Morgan fingerprint density at radius 2 is 2.04 bits per heavy atom. The zero-order valence-electron chi connectivity index (χ0n) is 13.7. The summed E-state index contributed by atoms with van der Waals surface area (Å²) in [6.45, 7) is 5.45. The number of hydrogen-bond donors (Lipinski definition) is 1. The monoisotopic (exact) mass is 359 g/mol. The number of carbonyl (C=O) groups is 1. The number of aryl methyl sites for hydroxylation is 1. The number of aromatic nitrogens is 1. The molecule has 24 heavy (non-hydrogen) atoms. The van der Waals surface area contributed by atoms with E-state index in [4.69, 9.17) is 0 Å². The van der Waals surface area contributed by atoms with Crippen molar-refractivity contribution in [2.45, 2.75) is 34.9 Å². The van der Waals surface area contributed by atoms with Crippen LogP contribution in [0.2, 0.25) is 0 Å². The summed E-state index contributed by atoms with van der Waals surface area (Å²) in [4.78, 5) is 20.5. The highest BCUT2D eigenvalue weighted by molar-refractivity contribution is 8.01.